The highest BCUT2D eigenvalue weighted by Crippen LogP contribution is 2.22. The Labute approximate surface area is 126 Å². The van der Waals surface area contributed by atoms with Crippen LogP contribution in [0.5, 0.6) is 0 Å². The monoisotopic (exact) mass is 283 g/mol. The topological polar surface area (TPSA) is 43.6 Å². The van der Waals surface area contributed by atoms with Crippen LogP contribution in [0.4, 0.5) is 0 Å². The Hall–Kier alpha value is -1.97. The zero-order chi connectivity index (χ0) is 15.1. The lowest BCUT2D eigenvalue weighted by Gasteiger charge is -2.07. The summed E-state index contributed by atoms with van der Waals surface area (Å²) in [5.74, 6) is 0.838. The molecular weight excluding hydrogens is 260 g/mol. The van der Waals surface area contributed by atoms with Crippen molar-refractivity contribution in [2.45, 2.75) is 46.1 Å². The number of hydrogen-bond donors (Lipinski definition) is 0. The van der Waals surface area contributed by atoms with E-state index in [0.717, 1.165) is 35.5 Å². The van der Waals surface area contributed by atoms with Crippen LogP contribution in [0.3, 0.4) is 0 Å². The maximum absolute atomic E-state index is 4.18. The molecule has 4 nitrogen and oxygen atoms in total. The normalized spacial score (nSPS) is 11.9. The average Bonchev–Trinajstić information content (AvgIpc) is 2.99. The first-order chi connectivity index (χ1) is 10.3. The Balaban J connectivity index is 2.17. The van der Waals surface area contributed by atoms with Gasteiger partial charge in [0.05, 0.1) is 0 Å². The van der Waals surface area contributed by atoms with Crippen LogP contribution < -0.4 is 0 Å². The summed E-state index contributed by atoms with van der Waals surface area (Å²) in [5.41, 5.74) is 3.36. The van der Waals surface area contributed by atoms with E-state index < -0.39 is 0 Å². The second-order valence-corrected chi connectivity index (χ2v) is 5.25. The van der Waals surface area contributed by atoms with E-state index in [4.69, 9.17) is 0 Å². The molecule has 0 amide bonds. The van der Waals surface area contributed by atoms with E-state index >= 15 is 0 Å². The molecule has 4 heteroatoms. The Morgan fingerprint density at radius 1 is 1.29 bits per heavy atom. The first-order valence-corrected chi connectivity index (χ1v) is 7.59. The largest absolute Gasteiger partial charge is 0.225 e. The lowest BCUT2D eigenvalue weighted by Crippen LogP contribution is -2.03. The molecule has 2 rings (SSSR count). The van der Waals surface area contributed by atoms with Crippen LogP contribution in [0, 0.1) is 6.92 Å². The lowest BCUT2D eigenvalue weighted by atomic mass is 10.0. The van der Waals surface area contributed by atoms with Crippen molar-refractivity contribution >= 4 is 5.57 Å². The first-order valence-electron chi connectivity index (χ1n) is 7.59. The average molecular weight is 283 g/mol. The molecule has 1 aromatic carbocycles. The molecule has 0 bridgehead atoms. The predicted octanol–water partition coefficient (Wildman–Crippen LogP) is 4.16. The summed E-state index contributed by atoms with van der Waals surface area (Å²) in [6.07, 6.45) is 6.71. The second kappa shape index (κ2) is 7.72. The first kappa shape index (κ1) is 15.4. The standard InChI is InChI=1S/C17H23N4/c1-4-6-7-8-12-21-17(18-19-20-21)16-11-9-10-15(13-16)14(3)5-2/h5,9-11,13H,2,4,6-8,12H2,1,3H3/b14-5-. The lowest BCUT2D eigenvalue weighted by molar-refractivity contribution is 0.531. The third kappa shape index (κ3) is 4.00. The van der Waals surface area contributed by atoms with Crippen LogP contribution in [0.2, 0.25) is 0 Å². The molecular formula is C17H23N4. The van der Waals surface area contributed by atoms with Gasteiger partial charge in [0.1, 0.15) is 0 Å². The van der Waals surface area contributed by atoms with Gasteiger partial charge < -0.3 is 0 Å². The zero-order valence-corrected chi connectivity index (χ0v) is 12.9. The molecule has 0 aliphatic carbocycles. The summed E-state index contributed by atoms with van der Waals surface area (Å²) in [6, 6.07) is 8.28. The second-order valence-electron chi connectivity index (χ2n) is 5.25. The van der Waals surface area contributed by atoms with Gasteiger partial charge in [-0.05, 0) is 47.9 Å². The number of benzene rings is 1. The molecule has 0 spiro atoms. The van der Waals surface area contributed by atoms with Crippen molar-refractivity contribution in [2.75, 3.05) is 0 Å². The summed E-state index contributed by atoms with van der Waals surface area (Å²) in [5, 5.41) is 12.1. The number of unbranched alkanes of at least 4 members (excludes halogenated alkanes) is 3. The van der Waals surface area contributed by atoms with Crippen LogP contribution in [-0.4, -0.2) is 20.2 Å². The Kier molecular flexibility index (Phi) is 5.67. The predicted molar refractivity (Wildman–Crippen MR) is 86.4 cm³/mol. The fourth-order valence-corrected chi connectivity index (χ4v) is 2.27. The minimum atomic E-state index is 0.838. The summed E-state index contributed by atoms with van der Waals surface area (Å²) in [4.78, 5) is 0. The van der Waals surface area contributed by atoms with E-state index in [-0.39, 0.29) is 0 Å². The zero-order valence-electron chi connectivity index (χ0n) is 12.9. The smallest absolute Gasteiger partial charge is 0.182 e. The number of aromatic nitrogens is 4. The van der Waals surface area contributed by atoms with E-state index in [2.05, 4.69) is 48.4 Å². The van der Waals surface area contributed by atoms with Gasteiger partial charge in [-0.1, -0.05) is 50.5 Å². The fraction of sp³-hybridized carbons (Fsp3) is 0.412. The highest BCUT2D eigenvalue weighted by atomic mass is 15.5. The van der Waals surface area contributed by atoms with Gasteiger partial charge in [-0.15, -0.1) is 5.10 Å². The summed E-state index contributed by atoms with van der Waals surface area (Å²) >= 11 is 0. The number of tetrazole rings is 1. The van der Waals surface area contributed by atoms with Crippen LogP contribution in [0.15, 0.2) is 30.3 Å². The molecule has 111 valence electrons. The molecule has 0 unspecified atom stereocenters. The molecule has 0 N–H and O–H groups in total. The molecule has 0 fully saturated rings. The van der Waals surface area contributed by atoms with Crippen molar-refractivity contribution in [3.8, 4) is 11.4 Å². The molecule has 2 aromatic rings. The quantitative estimate of drug-likeness (QED) is 0.717. The van der Waals surface area contributed by atoms with E-state index in [0.29, 0.717) is 0 Å². The summed E-state index contributed by atoms with van der Waals surface area (Å²) in [7, 11) is 0. The van der Waals surface area contributed by atoms with Crippen molar-refractivity contribution in [3.05, 3.63) is 42.8 Å². The highest BCUT2D eigenvalue weighted by molar-refractivity contribution is 5.69. The maximum Gasteiger partial charge on any atom is 0.182 e. The third-order valence-corrected chi connectivity index (χ3v) is 3.64. The highest BCUT2D eigenvalue weighted by Gasteiger charge is 2.09. The minimum absolute atomic E-state index is 0.838. The molecule has 0 aliphatic rings. The van der Waals surface area contributed by atoms with Gasteiger partial charge in [0.2, 0.25) is 0 Å². The molecule has 0 saturated heterocycles. The number of allylic oxidation sites excluding steroid dienone is 2. The van der Waals surface area contributed by atoms with E-state index in [9.17, 15) is 0 Å². The maximum atomic E-state index is 4.18. The molecule has 1 radical (unpaired) electrons. The van der Waals surface area contributed by atoms with Crippen molar-refractivity contribution in [1.29, 1.82) is 0 Å². The van der Waals surface area contributed by atoms with E-state index in [1.807, 2.05) is 22.9 Å². The Morgan fingerprint density at radius 3 is 2.90 bits per heavy atom. The van der Waals surface area contributed by atoms with Gasteiger partial charge in [-0.2, -0.15) is 0 Å². The van der Waals surface area contributed by atoms with Crippen LogP contribution >= 0.6 is 0 Å². The third-order valence-electron chi connectivity index (χ3n) is 3.64. The van der Waals surface area contributed by atoms with Gasteiger partial charge in [0.15, 0.2) is 5.82 Å². The summed E-state index contributed by atoms with van der Waals surface area (Å²) in [6.45, 7) is 8.96. The number of aryl methyl sites for hydroxylation is 1. The molecule has 0 aliphatic heterocycles. The van der Waals surface area contributed by atoms with Crippen molar-refractivity contribution in [2.24, 2.45) is 0 Å². The fourth-order valence-electron chi connectivity index (χ4n) is 2.27. The SMILES string of the molecule is [CH2]/C=C(/C)c1cccc(-c2nnnn2CCCCCC)c1. The van der Waals surface area contributed by atoms with Crippen molar-refractivity contribution in [1.82, 2.24) is 20.2 Å². The van der Waals surface area contributed by atoms with E-state index in [1.54, 1.807) is 0 Å². The van der Waals surface area contributed by atoms with Gasteiger partial charge in [0, 0.05) is 12.1 Å². The van der Waals surface area contributed by atoms with Crippen LogP contribution in [-0.2, 0) is 6.54 Å². The number of hydrogen-bond acceptors (Lipinski definition) is 3. The number of nitrogens with zero attached hydrogens (tertiary/aromatic N) is 4. The van der Waals surface area contributed by atoms with Gasteiger partial charge in [-0.25, -0.2) is 4.68 Å². The Bertz CT molecular complexity index is 598. The van der Waals surface area contributed by atoms with E-state index in [1.165, 1.54) is 19.3 Å². The van der Waals surface area contributed by atoms with Gasteiger partial charge >= 0.3 is 0 Å². The summed E-state index contributed by atoms with van der Waals surface area (Å²) < 4.78 is 1.90. The molecule has 1 heterocycles. The van der Waals surface area contributed by atoms with Gasteiger partial charge in [-0.3, -0.25) is 0 Å². The minimum Gasteiger partial charge on any atom is -0.225 e. The molecule has 0 saturated carbocycles. The molecule has 21 heavy (non-hydrogen) atoms. The Morgan fingerprint density at radius 2 is 2.14 bits per heavy atom. The van der Waals surface area contributed by atoms with Crippen molar-refractivity contribution < 1.29 is 0 Å². The molecule has 0 atom stereocenters. The number of rotatable bonds is 7. The van der Waals surface area contributed by atoms with Crippen LogP contribution in [0.1, 0.15) is 45.1 Å². The van der Waals surface area contributed by atoms with Gasteiger partial charge in [0.25, 0.3) is 0 Å². The van der Waals surface area contributed by atoms with Crippen molar-refractivity contribution in [3.63, 3.8) is 0 Å². The molecule has 1 aromatic heterocycles. The van der Waals surface area contributed by atoms with Crippen LogP contribution in [0.25, 0.3) is 17.0 Å².